The van der Waals surface area contributed by atoms with E-state index < -0.39 is 11.9 Å². The van der Waals surface area contributed by atoms with Crippen LogP contribution in [0.4, 0.5) is 0 Å². The molecule has 1 aliphatic heterocycles. The fraction of sp³-hybridized carbons (Fsp3) is 0.625. The Morgan fingerprint density at radius 1 is 1.43 bits per heavy atom. The zero-order valence-electron chi connectivity index (χ0n) is 13.9. The highest BCUT2D eigenvalue weighted by Crippen LogP contribution is 2.07. The molecular weight excluding hydrogens is 298 g/mol. The minimum atomic E-state index is -0.617. The van der Waals surface area contributed by atoms with E-state index in [1.54, 1.807) is 12.1 Å². The minimum Gasteiger partial charge on any atom is -0.459 e. The Morgan fingerprint density at radius 3 is 2.83 bits per heavy atom. The van der Waals surface area contributed by atoms with Crippen LogP contribution in [0.5, 0.6) is 0 Å². The number of morpholine rings is 1. The highest BCUT2D eigenvalue weighted by Gasteiger charge is 2.26. The molecule has 1 fully saturated rings. The number of hydrogen-bond donors (Lipinski definition) is 2. The summed E-state index contributed by atoms with van der Waals surface area (Å²) in [5, 5.41) is 5.59. The number of likely N-dealkylation sites (N-methyl/N-ethyl adjacent to an activating group) is 1. The van der Waals surface area contributed by atoms with Gasteiger partial charge in [-0.15, -0.1) is 0 Å². The van der Waals surface area contributed by atoms with Gasteiger partial charge in [0.15, 0.2) is 5.76 Å². The summed E-state index contributed by atoms with van der Waals surface area (Å²) in [6.07, 6.45) is 1.40. The molecule has 2 atom stereocenters. The highest BCUT2D eigenvalue weighted by atomic mass is 16.5. The Kier molecular flexibility index (Phi) is 6.18. The standard InChI is InChI=1S/C16H25N3O4/c1-11(2)14(18-15(20)13-5-4-7-23-13)16(21)17-9-12-10-19(3)6-8-22-12/h4-5,7,11-12,14H,6,8-10H2,1-3H3,(H,17,21)(H,18,20)/t12-,14+/m1/s1. The molecule has 7 heteroatoms. The van der Waals surface area contributed by atoms with Crippen molar-refractivity contribution in [2.45, 2.75) is 26.0 Å². The van der Waals surface area contributed by atoms with Crippen molar-refractivity contribution in [3.05, 3.63) is 24.2 Å². The summed E-state index contributed by atoms with van der Waals surface area (Å²) >= 11 is 0. The first-order chi connectivity index (χ1) is 11.0. The van der Waals surface area contributed by atoms with Crippen molar-refractivity contribution in [2.75, 3.05) is 33.3 Å². The first-order valence-electron chi connectivity index (χ1n) is 7.89. The first-order valence-corrected chi connectivity index (χ1v) is 7.89. The van der Waals surface area contributed by atoms with E-state index in [2.05, 4.69) is 15.5 Å². The Balaban J connectivity index is 1.86. The van der Waals surface area contributed by atoms with Gasteiger partial charge in [0.25, 0.3) is 5.91 Å². The third kappa shape index (κ3) is 5.07. The van der Waals surface area contributed by atoms with Gasteiger partial charge in [-0.05, 0) is 25.1 Å². The smallest absolute Gasteiger partial charge is 0.287 e. The Bertz CT molecular complexity index is 515. The fourth-order valence-electron chi connectivity index (χ4n) is 2.47. The van der Waals surface area contributed by atoms with Crippen molar-refractivity contribution in [1.29, 1.82) is 0 Å². The summed E-state index contributed by atoms with van der Waals surface area (Å²) in [5.74, 6) is -0.446. The summed E-state index contributed by atoms with van der Waals surface area (Å²) in [7, 11) is 2.03. The van der Waals surface area contributed by atoms with E-state index in [0.717, 1.165) is 13.1 Å². The van der Waals surface area contributed by atoms with Gasteiger partial charge in [-0.2, -0.15) is 0 Å². The summed E-state index contributed by atoms with van der Waals surface area (Å²) in [4.78, 5) is 26.6. The largest absolute Gasteiger partial charge is 0.459 e. The van der Waals surface area contributed by atoms with Crippen molar-refractivity contribution in [2.24, 2.45) is 5.92 Å². The van der Waals surface area contributed by atoms with Gasteiger partial charge in [0, 0.05) is 19.6 Å². The van der Waals surface area contributed by atoms with Gasteiger partial charge in [-0.3, -0.25) is 9.59 Å². The molecular formula is C16H25N3O4. The lowest BCUT2D eigenvalue weighted by atomic mass is 10.0. The van der Waals surface area contributed by atoms with Crippen LogP contribution < -0.4 is 10.6 Å². The minimum absolute atomic E-state index is 0.0220. The van der Waals surface area contributed by atoms with Crippen molar-refractivity contribution in [3.63, 3.8) is 0 Å². The van der Waals surface area contributed by atoms with E-state index >= 15 is 0 Å². The number of hydrogen-bond acceptors (Lipinski definition) is 5. The summed E-state index contributed by atoms with van der Waals surface area (Å²) in [5.41, 5.74) is 0. The second-order valence-electron chi connectivity index (χ2n) is 6.17. The molecule has 7 nitrogen and oxygen atoms in total. The van der Waals surface area contributed by atoms with Crippen LogP contribution in [-0.2, 0) is 9.53 Å². The lowest BCUT2D eigenvalue weighted by Gasteiger charge is -2.30. The zero-order chi connectivity index (χ0) is 16.8. The number of nitrogens with zero attached hydrogens (tertiary/aromatic N) is 1. The molecule has 0 radical (unpaired) electrons. The molecule has 0 unspecified atom stereocenters. The van der Waals surface area contributed by atoms with E-state index in [1.807, 2.05) is 20.9 Å². The number of ether oxygens (including phenoxy) is 1. The molecule has 0 aromatic carbocycles. The van der Waals surface area contributed by atoms with Crippen molar-refractivity contribution < 1.29 is 18.7 Å². The number of nitrogens with one attached hydrogen (secondary N) is 2. The zero-order valence-corrected chi connectivity index (χ0v) is 13.9. The first kappa shape index (κ1) is 17.5. The lowest BCUT2D eigenvalue weighted by Crippen LogP contribution is -2.53. The molecule has 23 heavy (non-hydrogen) atoms. The molecule has 1 saturated heterocycles. The van der Waals surface area contributed by atoms with Crippen molar-refractivity contribution in [3.8, 4) is 0 Å². The number of amides is 2. The highest BCUT2D eigenvalue weighted by molar-refractivity contribution is 5.95. The summed E-state index contributed by atoms with van der Waals surface area (Å²) in [6.45, 7) is 6.56. The molecule has 2 heterocycles. The van der Waals surface area contributed by atoms with E-state index in [1.165, 1.54) is 6.26 Å². The summed E-state index contributed by atoms with van der Waals surface area (Å²) < 4.78 is 10.7. The predicted octanol–water partition coefficient (Wildman–Crippen LogP) is 0.481. The topological polar surface area (TPSA) is 83.8 Å². The average molecular weight is 323 g/mol. The maximum absolute atomic E-state index is 12.4. The molecule has 1 aromatic rings. The quantitative estimate of drug-likeness (QED) is 0.795. The van der Waals surface area contributed by atoms with Crippen LogP contribution in [0.1, 0.15) is 24.4 Å². The van der Waals surface area contributed by atoms with Gasteiger partial charge >= 0.3 is 0 Å². The Morgan fingerprint density at radius 2 is 2.22 bits per heavy atom. The van der Waals surface area contributed by atoms with E-state index in [9.17, 15) is 9.59 Å². The number of rotatable bonds is 6. The maximum Gasteiger partial charge on any atom is 0.287 e. The second kappa shape index (κ2) is 8.12. The fourth-order valence-corrected chi connectivity index (χ4v) is 2.47. The molecule has 1 aliphatic rings. The van der Waals surface area contributed by atoms with Crippen LogP contribution in [0, 0.1) is 5.92 Å². The second-order valence-corrected chi connectivity index (χ2v) is 6.17. The van der Waals surface area contributed by atoms with Gasteiger partial charge in [0.1, 0.15) is 6.04 Å². The van der Waals surface area contributed by atoms with E-state index in [4.69, 9.17) is 9.15 Å². The molecule has 0 bridgehead atoms. The van der Waals surface area contributed by atoms with Gasteiger partial charge < -0.3 is 24.7 Å². The van der Waals surface area contributed by atoms with Crippen molar-refractivity contribution in [1.82, 2.24) is 15.5 Å². The molecule has 0 aliphatic carbocycles. The lowest BCUT2D eigenvalue weighted by molar-refractivity contribution is -0.125. The van der Waals surface area contributed by atoms with Crippen LogP contribution in [0.2, 0.25) is 0 Å². The van der Waals surface area contributed by atoms with Crippen LogP contribution in [0.3, 0.4) is 0 Å². The van der Waals surface area contributed by atoms with Crippen LogP contribution in [0.25, 0.3) is 0 Å². The third-order valence-electron chi connectivity index (χ3n) is 3.83. The molecule has 2 rings (SSSR count). The van der Waals surface area contributed by atoms with Gasteiger partial charge in [-0.1, -0.05) is 13.8 Å². The van der Waals surface area contributed by atoms with Crippen LogP contribution >= 0.6 is 0 Å². The van der Waals surface area contributed by atoms with Crippen molar-refractivity contribution >= 4 is 11.8 Å². The Labute approximate surface area is 136 Å². The maximum atomic E-state index is 12.4. The van der Waals surface area contributed by atoms with Gasteiger partial charge in [0.2, 0.25) is 5.91 Å². The number of carbonyl (C=O) groups excluding carboxylic acids is 2. The van der Waals surface area contributed by atoms with Crippen LogP contribution in [-0.4, -0.2) is 62.1 Å². The normalized spacial score (nSPS) is 20.3. The van der Waals surface area contributed by atoms with Crippen LogP contribution in [0.15, 0.2) is 22.8 Å². The summed E-state index contributed by atoms with van der Waals surface area (Å²) in [6, 6.07) is 2.58. The molecule has 2 N–H and O–H groups in total. The molecule has 0 spiro atoms. The monoisotopic (exact) mass is 323 g/mol. The average Bonchev–Trinajstić information content (AvgIpc) is 3.04. The number of carbonyl (C=O) groups is 2. The van der Waals surface area contributed by atoms with E-state index in [0.29, 0.717) is 13.2 Å². The molecule has 2 amide bonds. The molecule has 0 saturated carbocycles. The van der Waals surface area contributed by atoms with Gasteiger partial charge in [0.05, 0.1) is 19.0 Å². The SMILES string of the molecule is CC(C)[C@H](NC(=O)c1ccco1)C(=O)NC[C@@H]1CN(C)CCO1. The predicted molar refractivity (Wildman–Crippen MR) is 85.0 cm³/mol. The Hall–Kier alpha value is -1.86. The number of furan rings is 1. The van der Waals surface area contributed by atoms with Gasteiger partial charge in [-0.25, -0.2) is 0 Å². The molecule has 128 valence electrons. The molecule has 1 aromatic heterocycles. The van der Waals surface area contributed by atoms with E-state index in [-0.39, 0.29) is 23.7 Å². The third-order valence-corrected chi connectivity index (χ3v) is 3.83.